The van der Waals surface area contributed by atoms with Gasteiger partial charge in [-0.05, 0) is 43.7 Å². The lowest BCUT2D eigenvalue weighted by Crippen LogP contribution is -2.47. The van der Waals surface area contributed by atoms with Gasteiger partial charge in [0, 0.05) is 0 Å². The van der Waals surface area contributed by atoms with E-state index in [4.69, 9.17) is 23.2 Å². The molecule has 0 unspecified atom stereocenters. The third-order valence-corrected chi connectivity index (χ3v) is 3.99. The van der Waals surface area contributed by atoms with Gasteiger partial charge >= 0.3 is 6.03 Å². The molecule has 0 radical (unpaired) electrons. The molecule has 0 bridgehead atoms. The Kier molecular flexibility index (Phi) is 4.96. The molecule has 2 rings (SSSR count). The molecule has 2 aromatic rings. The molecule has 0 heterocycles. The summed E-state index contributed by atoms with van der Waals surface area (Å²) in [5, 5.41) is 14.1. The van der Waals surface area contributed by atoms with Crippen molar-refractivity contribution in [3.8, 4) is 0 Å². The molecule has 2 aromatic carbocycles. The van der Waals surface area contributed by atoms with Gasteiger partial charge in [-0.2, -0.15) is 5.06 Å². The summed E-state index contributed by atoms with van der Waals surface area (Å²) in [6.07, 6.45) is 0. The molecule has 0 spiro atoms. The third-order valence-electron chi connectivity index (χ3n) is 3.25. The molecule has 116 valence electrons. The van der Waals surface area contributed by atoms with Crippen molar-refractivity contribution in [2.45, 2.75) is 19.4 Å². The minimum atomic E-state index is -0.735. The fraction of sp³-hybridized carbons (Fsp3) is 0.188. The van der Waals surface area contributed by atoms with Crippen molar-refractivity contribution < 1.29 is 10.0 Å². The Balaban J connectivity index is 2.17. The largest absolute Gasteiger partial charge is 0.346 e. The van der Waals surface area contributed by atoms with Gasteiger partial charge in [0.15, 0.2) is 0 Å². The standard InChI is InChI=1S/C16H16Cl2N2O2/c1-16(2,11-8-9-13(17)14(18)10-11)19-15(21)20(22)12-6-4-3-5-7-12/h3-10,22H,1-2H3,(H,19,21). The van der Waals surface area contributed by atoms with E-state index in [1.165, 1.54) is 0 Å². The van der Waals surface area contributed by atoms with E-state index >= 15 is 0 Å². The number of hydroxylamine groups is 1. The van der Waals surface area contributed by atoms with Crippen LogP contribution in [0.5, 0.6) is 0 Å². The van der Waals surface area contributed by atoms with Crippen LogP contribution in [0.3, 0.4) is 0 Å². The zero-order chi connectivity index (χ0) is 16.3. The second-order valence-electron chi connectivity index (χ2n) is 5.33. The number of carbonyl (C=O) groups is 1. The van der Waals surface area contributed by atoms with Crippen LogP contribution in [-0.2, 0) is 5.54 Å². The highest BCUT2D eigenvalue weighted by molar-refractivity contribution is 6.42. The first-order valence-electron chi connectivity index (χ1n) is 6.63. The van der Waals surface area contributed by atoms with Crippen LogP contribution >= 0.6 is 23.2 Å². The molecule has 0 aromatic heterocycles. The number of benzene rings is 2. The predicted octanol–water partition coefficient (Wildman–Crippen LogP) is 4.83. The van der Waals surface area contributed by atoms with Gasteiger partial charge in [-0.1, -0.05) is 47.5 Å². The van der Waals surface area contributed by atoms with Crippen LogP contribution in [0.4, 0.5) is 10.5 Å². The van der Waals surface area contributed by atoms with Crippen LogP contribution in [-0.4, -0.2) is 11.2 Å². The minimum absolute atomic E-state index is 0.380. The van der Waals surface area contributed by atoms with E-state index in [0.717, 1.165) is 5.56 Å². The molecular formula is C16H16Cl2N2O2. The molecule has 0 saturated heterocycles. The maximum Gasteiger partial charge on any atom is 0.346 e. The molecule has 6 heteroatoms. The Bertz CT molecular complexity index is 675. The van der Waals surface area contributed by atoms with Crippen molar-refractivity contribution in [3.05, 3.63) is 64.1 Å². The second-order valence-corrected chi connectivity index (χ2v) is 6.15. The van der Waals surface area contributed by atoms with E-state index in [0.29, 0.717) is 20.8 Å². The first-order valence-corrected chi connectivity index (χ1v) is 7.38. The average Bonchev–Trinajstić information content (AvgIpc) is 2.49. The van der Waals surface area contributed by atoms with Gasteiger partial charge in [0.25, 0.3) is 0 Å². The average molecular weight is 339 g/mol. The Morgan fingerprint density at radius 3 is 2.32 bits per heavy atom. The number of nitrogens with zero attached hydrogens (tertiary/aromatic N) is 1. The Morgan fingerprint density at radius 2 is 1.73 bits per heavy atom. The molecule has 2 N–H and O–H groups in total. The number of rotatable bonds is 3. The smallest absolute Gasteiger partial charge is 0.327 e. The van der Waals surface area contributed by atoms with Crippen molar-refractivity contribution in [1.29, 1.82) is 0 Å². The van der Waals surface area contributed by atoms with Gasteiger partial charge in [-0.3, -0.25) is 5.21 Å². The molecular weight excluding hydrogens is 323 g/mol. The monoisotopic (exact) mass is 338 g/mol. The van der Waals surface area contributed by atoms with Crippen molar-refractivity contribution in [2.75, 3.05) is 5.06 Å². The summed E-state index contributed by atoms with van der Waals surface area (Å²) in [5.74, 6) is 0. The van der Waals surface area contributed by atoms with Crippen molar-refractivity contribution >= 4 is 34.9 Å². The molecule has 0 fully saturated rings. The van der Waals surface area contributed by atoms with Crippen LogP contribution in [0.15, 0.2) is 48.5 Å². The van der Waals surface area contributed by atoms with E-state index in [9.17, 15) is 10.0 Å². The first-order chi connectivity index (χ1) is 10.3. The number of halogens is 2. The van der Waals surface area contributed by atoms with Crippen LogP contribution in [0, 0.1) is 0 Å². The Labute approximate surface area is 139 Å². The number of para-hydroxylation sites is 1. The highest BCUT2D eigenvalue weighted by Crippen LogP contribution is 2.28. The highest BCUT2D eigenvalue weighted by atomic mass is 35.5. The minimum Gasteiger partial charge on any atom is -0.327 e. The molecule has 0 aliphatic carbocycles. The van der Waals surface area contributed by atoms with Crippen LogP contribution in [0.2, 0.25) is 10.0 Å². The van der Waals surface area contributed by atoms with Gasteiger partial charge in [-0.15, -0.1) is 0 Å². The van der Waals surface area contributed by atoms with Gasteiger partial charge in [-0.25, -0.2) is 4.79 Å². The zero-order valence-corrected chi connectivity index (χ0v) is 13.7. The number of nitrogens with one attached hydrogen (secondary N) is 1. The van der Waals surface area contributed by atoms with Gasteiger partial charge in [0.2, 0.25) is 0 Å². The highest BCUT2D eigenvalue weighted by Gasteiger charge is 2.26. The number of carbonyl (C=O) groups excluding carboxylic acids is 1. The summed E-state index contributed by atoms with van der Waals surface area (Å²) in [6, 6.07) is 13.0. The van der Waals surface area contributed by atoms with Crippen LogP contribution in [0.1, 0.15) is 19.4 Å². The van der Waals surface area contributed by atoms with E-state index in [2.05, 4.69) is 5.32 Å². The number of amides is 2. The quantitative estimate of drug-likeness (QED) is 0.621. The normalized spacial score (nSPS) is 11.1. The lowest BCUT2D eigenvalue weighted by Gasteiger charge is -2.29. The van der Waals surface area contributed by atoms with Gasteiger partial charge < -0.3 is 5.32 Å². The Morgan fingerprint density at radius 1 is 1.09 bits per heavy atom. The summed E-state index contributed by atoms with van der Waals surface area (Å²) in [6.45, 7) is 3.62. The summed E-state index contributed by atoms with van der Waals surface area (Å²) < 4.78 is 0. The molecule has 2 amide bonds. The fourth-order valence-electron chi connectivity index (χ4n) is 1.96. The number of anilines is 1. The molecule has 0 atom stereocenters. The van der Waals surface area contributed by atoms with Gasteiger partial charge in [0.1, 0.15) is 0 Å². The van der Waals surface area contributed by atoms with Crippen LogP contribution in [0.25, 0.3) is 0 Å². The number of hydrogen-bond donors (Lipinski definition) is 2. The van der Waals surface area contributed by atoms with E-state index in [-0.39, 0.29) is 0 Å². The Hall–Kier alpha value is -1.75. The predicted molar refractivity (Wildman–Crippen MR) is 88.7 cm³/mol. The maximum absolute atomic E-state index is 12.2. The summed E-state index contributed by atoms with van der Waals surface area (Å²) in [5.41, 5.74) is 0.419. The van der Waals surface area contributed by atoms with Crippen LogP contribution < -0.4 is 10.4 Å². The molecule has 0 aliphatic rings. The summed E-state index contributed by atoms with van der Waals surface area (Å²) >= 11 is 11.9. The zero-order valence-electron chi connectivity index (χ0n) is 12.2. The molecule has 22 heavy (non-hydrogen) atoms. The first kappa shape index (κ1) is 16.6. The summed E-state index contributed by atoms with van der Waals surface area (Å²) in [7, 11) is 0. The lowest BCUT2D eigenvalue weighted by atomic mass is 9.94. The molecule has 4 nitrogen and oxygen atoms in total. The lowest BCUT2D eigenvalue weighted by molar-refractivity contribution is 0.195. The second kappa shape index (κ2) is 6.57. The molecule has 0 aliphatic heterocycles. The van der Waals surface area contributed by atoms with Crippen molar-refractivity contribution in [1.82, 2.24) is 5.32 Å². The van der Waals surface area contributed by atoms with Crippen molar-refractivity contribution in [3.63, 3.8) is 0 Å². The van der Waals surface area contributed by atoms with E-state index in [1.807, 2.05) is 13.8 Å². The maximum atomic E-state index is 12.2. The third kappa shape index (κ3) is 3.71. The topological polar surface area (TPSA) is 52.6 Å². The fourth-order valence-corrected chi connectivity index (χ4v) is 2.26. The number of hydrogen-bond acceptors (Lipinski definition) is 2. The SMILES string of the molecule is CC(C)(NC(=O)N(O)c1ccccc1)c1ccc(Cl)c(Cl)c1. The van der Waals surface area contributed by atoms with Gasteiger partial charge in [0.05, 0.1) is 21.3 Å². The van der Waals surface area contributed by atoms with E-state index < -0.39 is 11.6 Å². The number of urea groups is 1. The summed E-state index contributed by atoms with van der Waals surface area (Å²) in [4.78, 5) is 12.2. The molecule has 0 saturated carbocycles. The van der Waals surface area contributed by atoms with Crippen molar-refractivity contribution in [2.24, 2.45) is 0 Å². The van der Waals surface area contributed by atoms with E-state index in [1.54, 1.807) is 48.5 Å².